The molecular formula is C9H21IN4O2S. The fraction of sp³-hybridized carbons (Fsp3) is 0.889. The van der Waals surface area contributed by atoms with Crippen molar-refractivity contribution in [1.82, 2.24) is 9.62 Å². The zero-order chi connectivity index (χ0) is 12.2. The summed E-state index contributed by atoms with van der Waals surface area (Å²) in [5.74, 6) is 0.576. The van der Waals surface area contributed by atoms with Gasteiger partial charge >= 0.3 is 0 Å². The number of nitrogens with two attached hydrogens (primary N) is 1. The Morgan fingerprint density at radius 2 is 2.12 bits per heavy atom. The fourth-order valence-electron chi connectivity index (χ4n) is 1.23. The summed E-state index contributed by atoms with van der Waals surface area (Å²) < 4.78 is 24.6. The Labute approximate surface area is 120 Å². The predicted molar refractivity (Wildman–Crippen MR) is 80.2 cm³/mol. The maximum absolute atomic E-state index is 11.1. The maximum atomic E-state index is 11.1. The molecular weight excluding hydrogens is 355 g/mol. The minimum Gasteiger partial charge on any atom is -0.370 e. The first-order chi connectivity index (χ1) is 7.46. The molecule has 0 unspecified atom stereocenters. The van der Waals surface area contributed by atoms with Crippen molar-refractivity contribution in [3.63, 3.8) is 0 Å². The van der Waals surface area contributed by atoms with Gasteiger partial charge in [0, 0.05) is 19.6 Å². The molecule has 102 valence electrons. The number of guanidine groups is 1. The molecule has 0 aromatic rings. The molecule has 1 aliphatic rings. The Balaban J connectivity index is 0.00000256. The molecule has 1 saturated carbocycles. The number of rotatable bonds is 6. The van der Waals surface area contributed by atoms with Crippen molar-refractivity contribution in [2.75, 3.05) is 25.9 Å². The van der Waals surface area contributed by atoms with Crippen molar-refractivity contribution in [2.24, 2.45) is 10.7 Å². The van der Waals surface area contributed by atoms with Crippen LogP contribution >= 0.6 is 24.0 Å². The van der Waals surface area contributed by atoms with E-state index < -0.39 is 10.0 Å². The highest BCUT2D eigenvalue weighted by Crippen LogP contribution is 2.24. The molecule has 0 bridgehead atoms. The second kappa shape index (κ2) is 7.37. The Morgan fingerprint density at radius 1 is 1.53 bits per heavy atom. The van der Waals surface area contributed by atoms with Gasteiger partial charge in [-0.15, -0.1) is 24.0 Å². The normalized spacial score (nSPS) is 16.5. The molecule has 0 atom stereocenters. The van der Waals surface area contributed by atoms with Crippen LogP contribution in [0.25, 0.3) is 0 Å². The highest BCUT2D eigenvalue weighted by atomic mass is 127. The Morgan fingerprint density at radius 3 is 2.59 bits per heavy atom. The van der Waals surface area contributed by atoms with Crippen molar-refractivity contribution in [3.05, 3.63) is 0 Å². The number of halogens is 1. The van der Waals surface area contributed by atoms with E-state index in [0.717, 1.165) is 12.8 Å². The molecule has 0 aromatic carbocycles. The van der Waals surface area contributed by atoms with Gasteiger partial charge in [-0.3, -0.25) is 4.99 Å². The summed E-state index contributed by atoms with van der Waals surface area (Å²) in [5.41, 5.74) is 5.74. The predicted octanol–water partition coefficient (Wildman–Crippen LogP) is -0.0474. The molecule has 0 radical (unpaired) electrons. The van der Waals surface area contributed by atoms with E-state index in [1.54, 1.807) is 6.92 Å². The zero-order valence-electron chi connectivity index (χ0n) is 10.2. The summed E-state index contributed by atoms with van der Waals surface area (Å²) in [6.07, 6.45) is 2.32. The minimum atomic E-state index is -3.12. The third-order valence-electron chi connectivity index (χ3n) is 2.54. The van der Waals surface area contributed by atoms with Crippen molar-refractivity contribution >= 4 is 40.0 Å². The lowest BCUT2D eigenvalue weighted by Crippen LogP contribution is -2.36. The molecule has 6 nitrogen and oxygen atoms in total. The first kappa shape index (κ1) is 16.9. The van der Waals surface area contributed by atoms with Crippen molar-refractivity contribution in [3.8, 4) is 0 Å². The summed E-state index contributed by atoms with van der Waals surface area (Å²) >= 11 is 0. The van der Waals surface area contributed by atoms with Gasteiger partial charge < -0.3 is 10.6 Å². The van der Waals surface area contributed by atoms with Crippen LogP contribution in [0.4, 0.5) is 0 Å². The Kier molecular flexibility index (Phi) is 7.33. The van der Waals surface area contributed by atoms with Crippen LogP contribution in [0.15, 0.2) is 4.99 Å². The molecule has 8 heteroatoms. The number of hydrogen-bond acceptors (Lipinski definition) is 3. The average Bonchev–Trinajstić information content (AvgIpc) is 3.06. The van der Waals surface area contributed by atoms with Gasteiger partial charge in [-0.05, 0) is 19.8 Å². The number of sulfonamides is 1. The molecule has 0 amide bonds. The van der Waals surface area contributed by atoms with E-state index in [-0.39, 0.29) is 29.7 Å². The highest BCUT2D eigenvalue weighted by molar-refractivity contribution is 14.0. The third-order valence-corrected chi connectivity index (χ3v) is 3.95. The van der Waals surface area contributed by atoms with E-state index >= 15 is 0 Å². The van der Waals surface area contributed by atoms with Crippen LogP contribution < -0.4 is 10.5 Å². The molecule has 0 spiro atoms. The standard InChI is InChI=1S/C9H20N4O2S.HI/c1-3-16(14,15)12-7-6-11-9(10)13(2)8-4-5-8;/h8,12H,3-7H2,1-2H3,(H2,10,11);1H. The Bertz CT molecular complexity index is 354. The molecule has 3 N–H and O–H groups in total. The first-order valence-electron chi connectivity index (χ1n) is 5.46. The van der Waals surface area contributed by atoms with E-state index in [1.807, 2.05) is 11.9 Å². The second-order valence-electron chi connectivity index (χ2n) is 3.88. The van der Waals surface area contributed by atoms with Gasteiger partial charge in [0.15, 0.2) is 5.96 Å². The largest absolute Gasteiger partial charge is 0.370 e. The zero-order valence-corrected chi connectivity index (χ0v) is 13.4. The van der Waals surface area contributed by atoms with E-state index in [0.29, 0.717) is 25.1 Å². The van der Waals surface area contributed by atoms with Crippen LogP contribution in [0.5, 0.6) is 0 Å². The molecule has 0 heterocycles. The van der Waals surface area contributed by atoms with Crippen LogP contribution in [0, 0.1) is 0 Å². The molecule has 17 heavy (non-hydrogen) atoms. The summed E-state index contributed by atoms with van der Waals surface area (Å²) in [6.45, 7) is 2.28. The van der Waals surface area contributed by atoms with E-state index in [1.165, 1.54) is 0 Å². The fourth-order valence-corrected chi connectivity index (χ4v) is 1.84. The van der Waals surface area contributed by atoms with Gasteiger partial charge in [-0.25, -0.2) is 13.1 Å². The van der Waals surface area contributed by atoms with Crippen molar-refractivity contribution in [1.29, 1.82) is 0 Å². The lowest BCUT2D eigenvalue weighted by molar-refractivity contribution is 0.487. The first-order valence-corrected chi connectivity index (χ1v) is 7.11. The van der Waals surface area contributed by atoms with Crippen LogP contribution in [-0.2, 0) is 10.0 Å². The number of aliphatic imine (C=N–C) groups is 1. The van der Waals surface area contributed by atoms with E-state index in [9.17, 15) is 8.42 Å². The van der Waals surface area contributed by atoms with Gasteiger partial charge in [0.25, 0.3) is 0 Å². The van der Waals surface area contributed by atoms with Gasteiger partial charge in [-0.1, -0.05) is 0 Å². The molecule has 0 aliphatic heterocycles. The lowest BCUT2D eigenvalue weighted by atomic mass is 10.6. The van der Waals surface area contributed by atoms with Crippen LogP contribution in [-0.4, -0.2) is 51.2 Å². The summed E-state index contributed by atoms with van der Waals surface area (Å²) in [4.78, 5) is 6.05. The van der Waals surface area contributed by atoms with Crippen molar-refractivity contribution < 1.29 is 8.42 Å². The molecule has 0 saturated heterocycles. The minimum absolute atomic E-state index is 0. The average molecular weight is 376 g/mol. The molecule has 1 fully saturated rings. The number of nitrogens with zero attached hydrogens (tertiary/aromatic N) is 2. The van der Waals surface area contributed by atoms with Gasteiger partial charge in [0.2, 0.25) is 10.0 Å². The van der Waals surface area contributed by atoms with Gasteiger partial charge in [-0.2, -0.15) is 0 Å². The molecule has 0 aromatic heterocycles. The van der Waals surface area contributed by atoms with Crippen LogP contribution in [0.2, 0.25) is 0 Å². The van der Waals surface area contributed by atoms with Crippen molar-refractivity contribution in [2.45, 2.75) is 25.8 Å². The van der Waals surface area contributed by atoms with Gasteiger partial charge in [0.05, 0.1) is 12.3 Å². The van der Waals surface area contributed by atoms with Crippen LogP contribution in [0.1, 0.15) is 19.8 Å². The Hall–Kier alpha value is -0.0900. The maximum Gasteiger partial charge on any atom is 0.211 e. The number of nitrogens with one attached hydrogen (secondary N) is 1. The highest BCUT2D eigenvalue weighted by Gasteiger charge is 2.27. The lowest BCUT2D eigenvalue weighted by Gasteiger charge is -2.16. The summed E-state index contributed by atoms with van der Waals surface area (Å²) in [6, 6.07) is 0.524. The van der Waals surface area contributed by atoms with E-state index in [4.69, 9.17) is 5.73 Å². The quantitative estimate of drug-likeness (QED) is 0.295. The third kappa shape index (κ3) is 6.41. The topological polar surface area (TPSA) is 87.8 Å². The van der Waals surface area contributed by atoms with E-state index in [2.05, 4.69) is 9.71 Å². The second-order valence-corrected chi connectivity index (χ2v) is 5.98. The summed E-state index contributed by atoms with van der Waals surface area (Å²) in [5, 5.41) is 0. The summed E-state index contributed by atoms with van der Waals surface area (Å²) in [7, 11) is -1.21. The van der Waals surface area contributed by atoms with Crippen LogP contribution in [0.3, 0.4) is 0 Å². The smallest absolute Gasteiger partial charge is 0.211 e. The molecule has 1 rings (SSSR count). The monoisotopic (exact) mass is 376 g/mol. The number of hydrogen-bond donors (Lipinski definition) is 2. The SMILES string of the molecule is CCS(=O)(=O)NCCN=C(N)N(C)C1CC1.I. The molecule has 1 aliphatic carbocycles. The van der Waals surface area contributed by atoms with Gasteiger partial charge in [0.1, 0.15) is 0 Å².